The number of anilines is 1. The highest BCUT2D eigenvalue weighted by Crippen LogP contribution is 2.19. The van der Waals surface area contributed by atoms with Crippen molar-refractivity contribution in [3.8, 4) is 0 Å². The second-order valence-electron chi connectivity index (χ2n) is 2.89. The van der Waals surface area contributed by atoms with Crippen molar-refractivity contribution < 1.29 is 4.42 Å². The molecule has 68 valence electrons. The number of hydrogen-bond acceptors (Lipinski definition) is 3. The molecule has 0 aromatic carbocycles. The third-order valence-electron chi connectivity index (χ3n) is 2.02. The molecule has 0 saturated heterocycles. The lowest BCUT2D eigenvalue weighted by Gasteiger charge is -2.10. The zero-order valence-electron chi connectivity index (χ0n) is 7.34. The Bertz CT molecular complexity index is 377. The van der Waals surface area contributed by atoms with Crippen molar-refractivity contribution in [1.29, 1.82) is 0 Å². The van der Waals surface area contributed by atoms with Gasteiger partial charge in [0.1, 0.15) is 17.6 Å². The average molecular weight is 177 g/mol. The first kappa shape index (κ1) is 7.91. The molecule has 2 heterocycles. The first-order valence-electron chi connectivity index (χ1n) is 4.11. The first-order valence-corrected chi connectivity index (χ1v) is 4.11. The summed E-state index contributed by atoms with van der Waals surface area (Å²) in [6.45, 7) is 1.99. The van der Waals surface area contributed by atoms with Crippen LogP contribution in [0.5, 0.6) is 0 Å². The van der Waals surface area contributed by atoms with Crippen LogP contribution >= 0.6 is 0 Å². The lowest BCUT2D eigenvalue weighted by Crippen LogP contribution is -2.10. The van der Waals surface area contributed by atoms with Crippen molar-refractivity contribution >= 4 is 5.82 Å². The maximum Gasteiger partial charge on any atom is 0.128 e. The minimum Gasteiger partial charge on any atom is -0.467 e. The summed E-state index contributed by atoms with van der Waals surface area (Å²) in [7, 11) is 0. The molecule has 0 aliphatic rings. The molecular formula is C9H11N3O. The van der Waals surface area contributed by atoms with Crippen LogP contribution < -0.4 is 5.73 Å². The van der Waals surface area contributed by atoms with Gasteiger partial charge in [-0.3, -0.25) is 0 Å². The SMILES string of the molecule is C[C@@H](c1ccco1)n1nccc1N. The molecule has 0 unspecified atom stereocenters. The second kappa shape index (κ2) is 2.97. The summed E-state index contributed by atoms with van der Waals surface area (Å²) in [6.07, 6.45) is 3.32. The van der Waals surface area contributed by atoms with Gasteiger partial charge < -0.3 is 10.2 Å². The summed E-state index contributed by atoms with van der Waals surface area (Å²) < 4.78 is 6.98. The summed E-state index contributed by atoms with van der Waals surface area (Å²) in [6, 6.07) is 5.57. The van der Waals surface area contributed by atoms with E-state index in [2.05, 4.69) is 5.10 Å². The largest absolute Gasteiger partial charge is 0.467 e. The Balaban J connectivity index is 2.33. The molecule has 2 aromatic rings. The van der Waals surface area contributed by atoms with Crippen LogP contribution in [0.1, 0.15) is 18.7 Å². The van der Waals surface area contributed by atoms with Crippen molar-refractivity contribution in [3.63, 3.8) is 0 Å². The van der Waals surface area contributed by atoms with E-state index in [1.54, 1.807) is 23.2 Å². The Hall–Kier alpha value is -1.71. The minimum atomic E-state index is 0.0463. The zero-order chi connectivity index (χ0) is 9.26. The predicted octanol–water partition coefficient (Wildman–Crippen LogP) is 1.67. The molecule has 0 aliphatic heterocycles. The van der Waals surface area contributed by atoms with Gasteiger partial charge in [-0.15, -0.1) is 0 Å². The zero-order valence-corrected chi connectivity index (χ0v) is 7.34. The molecule has 0 radical (unpaired) electrons. The van der Waals surface area contributed by atoms with Crippen LogP contribution in [0.15, 0.2) is 35.1 Å². The Morgan fingerprint density at radius 3 is 2.92 bits per heavy atom. The molecule has 4 nitrogen and oxygen atoms in total. The number of hydrogen-bond donors (Lipinski definition) is 1. The Morgan fingerprint density at radius 1 is 1.54 bits per heavy atom. The van der Waals surface area contributed by atoms with Crippen molar-refractivity contribution in [3.05, 3.63) is 36.4 Å². The summed E-state index contributed by atoms with van der Waals surface area (Å²) in [5.41, 5.74) is 5.71. The summed E-state index contributed by atoms with van der Waals surface area (Å²) in [5, 5.41) is 4.10. The van der Waals surface area contributed by atoms with Gasteiger partial charge in [0.25, 0.3) is 0 Å². The number of rotatable bonds is 2. The monoisotopic (exact) mass is 177 g/mol. The lowest BCUT2D eigenvalue weighted by molar-refractivity contribution is 0.428. The topological polar surface area (TPSA) is 57.0 Å². The maximum atomic E-state index is 5.71. The fourth-order valence-electron chi connectivity index (χ4n) is 1.30. The van der Waals surface area contributed by atoms with Gasteiger partial charge in [0.15, 0.2) is 0 Å². The first-order chi connectivity index (χ1) is 6.29. The van der Waals surface area contributed by atoms with Crippen LogP contribution in [-0.4, -0.2) is 9.78 Å². The van der Waals surface area contributed by atoms with E-state index >= 15 is 0 Å². The van der Waals surface area contributed by atoms with E-state index in [-0.39, 0.29) is 6.04 Å². The Labute approximate surface area is 76.0 Å². The van der Waals surface area contributed by atoms with Gasteiger partial charge in [-0.05, 0) is 25.1 Å². The highest BCUT2D eigenvalue weighted by atomic mass is 16.3. The number of nitrogen functional groups attached to an aromatic ring is 1. The van der Waals surface area contributed by atoms with E-state index in [9.17, 15) is 0 Å². The van der Waals surface area contributed by atoms with Gasteiger partial charge in [0.2, 0.25) is 0 Å². The molecule has 13 heavy (non-hydrogen) atoms. The molecule has 0 saturated carbocycles. The molecule has 1 atom stereocenters. The molecular weight excluding hydrogens is 166 g/mol. The standard InChI is InChI=1S/C9H11N3O/c1-7(8-3-2-6-13-8)12-9(10)4-5-11-12/h2-7H,10H2,1H3/t7-/m0/s1. The van der Waals surface area contributed by atoms with Crippen molar-refractivity contribution in [2.24, 2.45) is 0 Å². The fourth-order valence-corrected chi connectivity index (χ4v) is 1.30. The van der Waals surface area contributed by atoms with Crippen LogP contribution in [0.2, 0.25) is 0 Å². The van der Waals surface area contributed by atoms with Crippen LogP contribution in [0.25, 0.3) is 0 Å². The van der Waals surface area contributed by atoms with Crippen LogP contribution in [0.3, 0.4) is 0 Å². The fraction of sp³-hybridized carbons (Fsp3) is 0.222. The van der Waals surface area contributed by atoms with Gasteiger partial charge in [0, 0.05) is 0 Å². The van der Waals surface area contributed by atoms with Crippen molar-refractivity contribution in [2.45, 2.75) is 13.0 Å². The van der Waals surface area contributed by atoms with Crippen molar-refractivity contribution in [2.75, 3.05) is 5.73 Å². The third kappa shape index (κ3) is 1.30. The average Bonchev–Trinajstić information content (AvgIpc) is 2.72. The van der Waals surface area contributed by atoms with Gasteiger partial charge >= 0.3 is 0 Å². The van der Waals surface area contributed by atoms with Gasteiger partial charge in [0.05, 0.1) is 12.5 Å². The normalized spacial score (nSPS) is 13.0. The summed E-state index contributed by atoms with van der Waals surface area (Å²) in [5.74, 6) is 1.50. The van der Waals surface area contributed by atoms with Gasteiger partial charge in [-0.2, -0.15) is 5.10 Å². The molecule has 0 bridgehead atoms. The number of nitrogens with zero attached hydrogens (tertiary/aromatic N) is 2. The highest BCUT2D eigenvalue weighted by molar-refractivity contribution is 5.28. The lowest BCUT2D eigenvalue weighted by atomic mass is 10.2. The molecule has 2 aromatic heterocycles. The van der Waals surface area contributed by atoms with Gasteiger partial charge in [-0.1, -0.05) is 0 Å². The number of aromatic nitrogens is 2. The van der Waals surface area contributed by atoms with Crippen LogP contribution in [0, 0.1) is 0 Å². The van der Waals surface area contributed by atoms with Gasteiger partial charge in [-0.25, -0.2) is 4.68 Å². The highest BCUT2D eigenvalue weighted by Gasteiger charge is 2.12. The van der Waals surface area contributed by atoms with E-state index in [4.69, 9.17) is 10.2 Å². The molecule has 0 amide bonds. The van der Waals surface area contributed by atoms with E-state index in [1.165, 1.54) is 0 Å². The maximum absolute atomic E-state index is 5.71. The minimum absolute atomic E-state index is 0.0463. The van der Waals surface area contributed by atoms with E-state index in [0.29, 0.717) is 5.82 Å². The van der Waals surface area contributed by atoms with Crippen molar-refractivity contribution in [1.82, 2.24) is 9.78 Å². The molecule has 0 fully saturated rings. The van der Waals surface area contributed by atoms with E-state index < -0.39 is 0 Å². The Morgan fingerprint density at radius 2 is 2.38 bits per heavy atom. The Kier molecular flexibility index (Phi) is 1.81. The van der Waals surface area contributed by atoms with E-state index in [0.717, 1.165) is 5.76 Å². The van der Waals surface area contributed by atoms with Crippen LogP contribution in [0.4, 0.5) is 5.82 Å². The predicted molar refractivity (Wildman–Crippen MR) is 49.2 cm³/mol. The molecule has 0 spiro atoms. The summed E-state index contributed by atoms with van der Waals surface area (Å²) in [4.78, 5) is 0. The second-order valence-corrected chi connectivity index (χ2v) is 2.89. The van der Waals surface area contributed by atoms with Crippen LogP contribution in [-0.2, 0) is 0 Å². The molecule has 0 aliphatic carbocycles. The molecule has 4 heteroatoms. The number of furan rings is 1. The quantitative estimate of drug-likeness (QED) is 0.759. The smallest absolute Gasteiger partial charge is 0.128 e. The molecule has 2 rings (SSSR count). The summed E-state index contributed by atoms with van der Waals surface area (Å²) >= 11 is 0. The van der Waals surface area contributed by atoms with E-state index in [1.807, 2.05) is 19.1 Å². The number of nitrogens with two attached hydrogens (primary N) is 1. The third-order valence-corrected chi connectivity index (χ3v) is 2.02. The molecule has 2 N–H and O–H groups in total.